The number of hydrogen-bond donors (Lipinski definition) is 2. The van der Waals surface area contributed by atoms with Gasteiger partial charge in [0.2, 0.25) is 0 Å². The van der Waals surface area contributed by atoms with Crippen LogP contribution in [0.1, 0.15) is 33.3 Å². The lowest BCUT2D eigenvalue weighted by atomic mass is 9.88. The molecule has 2 aromatic heterocycles. The zero-order chi connectivity index (χ0) is 22.1. The number of nitrogens with one attached hydrogen (secondary N) is 2. The minimum atomic E-state index is -0.793. The molecule has 0 unspecified atom stereocenters. The van der Waals surface area contributed by atoms with Crippen molar-refractivity contribution in [1.29, 1.82) is 0 Å². The predicted octanol–water partition coefficient (Wildman–Crippen LogP) is 4.14. The van der Waals surface area contributed by atoms with Crippen LogP contribution in [0.5, 0.6) is 0 Å². The number of fused-ring (bicyclic) bond motifs is 1. The van der Waals surface area contributed by atoms with Crippen molar-refractivity contribution in [2.45, 2.75) is 33.7 Å². The minimum Gasteiger partial charge on any atom is -0.366 e. The van der Waals surface area contributed by atoms with Crippen molar-refractivity contribution in [2.24, 2.45) is 5.41 Å². The zero-order valence-corrected chi connectivity index (χ0v) is 18.2. The van der Waals surface area contributed by atoms with Gasteiger partial charge in [-0.3, -0.25) is 0 Å². The van der Waals surface area contributed by atoms with Crippen molar-refractivity contribution in [3.63, 3.8) is 0 Å². The number of hydrogen-bond acceptors (Lipinski definition) is 5. The lowest BCUT2D eigenvalue weighted by Crippen LogP contribution is -2.32. The molecule has 30 heavy (non-hydrogen) atoms. The fourth-order valence-electron chi connectivity index (χ4n) is 2.71. The van der Waals surface area contributed by atoms with Crippen LogP contribution in [-0.4, -0.2) is 39.2 Å². The summed E-state index contributed by atoms with van der Waals surface area (Å²) in [5.74, 6) is 4.47. The Morgan fingerprint density at radius 1 is 1.20 bits per heavy atom. The number of benzene rings is 1. The number of nitrogens with zero attached hydrogens (tertiary/aromatic N) is 4. The average Bonchev–Trinajstić information content (AvgIpc) is 3.10. The average molecular weight is 433 g/mol. The maximum Gasteiger partial charge on any atom is 0.255 e. The molecule has 0 bridgehead atoms. The summed E-state index contributed by atoms with van der Waals surface area (Å²) in [6.07, 6.45) is 1.31. The molecule has 3 aromatic rings. The smallest absolute Gasteiger partial charge is 0.255 e. The Bertz CT molecular complexity index is 1120. The van der Waals surface area contributed by atoms with Gasteiger partial charge < -0.3 is 10.6 Å². The molecule has 158 valence electrons. The lowest BCUT2D eigenvalue weighted by Gasteiger charge is -2.30. The molecule has 1 aromatic carbocycles. The van der Waals surface area contributed by atoms with Crippen molar-refractivity contribution in [3.8, 4) is 23.0 Å². The summed E-state index contributed by atoms with van der Waals surface area (Å²) in [4.78, 5) is 8.20. The first-order valence-corrected chi connectivity index (χ1v) is 9.80. The predicted molar refractivity (Wildman–Crippen MR) is 114 cm³/mol. The third-order valence-electron chi connectivity index (χ3n) is 4.83. The summed E-state index contributed by atoms with van der Waals surface area (Å²) < 4.78 is 31.6. The largest absolute Gasteiger partial charge is 0.366 e. The van der Waals surface area contributed by atoms with E-state index in [0.29, 0.717) is 12.4 Å². The van der Waals surface area contributed by atoms with E-state index in [2.05, 4.69) is 37.5 Å². The Morgan fingerprint density at radius 3 is 2.47 bits per heavy atom. The maximum absolute atomic E-state index is 15.1. The summed E-state index contributed by atoms with van der Waals surface area (Å²) in [5, 5.41) is 10.2. The van der Waals surface area contributed by atoms with Crippen LogP contribution >= 0.6 is 11.6 Å². The molecule has 0 aliphatic carbocycles. The Labute approximate surface area is 179 Å². The third-order valence-corrected chi connectivity index (χ3v) is 5.10. The van der Waals surface area contributed by atoms with Gasteiger partial charge in [-0.15, -0.1) is 0 Å². The van der Waals surface area contributed by atoms with E-state index in [0.717, 1.165) is 0 Å². The first-order chi connectivity index (χ1) is 14.1. The first-order valence-electron chi connectivity index (χ1n) is 9.42. The SMILES string of the molecule is CNCC#Cc1cc(F)c(-c2c(Cl)nc3ncnn3c2N[C@H](C)C(C)(C)C)c(F)c1. The van der Waals surface area contributed by atoms with Gasteiger partial charge in [0.05, 0.1) is 17.7 Å². The molecular weight excluding hydrogens is 410 g/mol. The Balaban J connectivity index is 2.22. The van der Waals surface area contributed by atoms with Gasteiger partial charge in [-0.1, -0.05) is 44.2 Å². The molecule has 0 amide bonds. The van der Waals surface area contributed by atoms with E-state index in [4.69, 9.17) is 11.6 Å². The molecule has 0 saturated carbocycles. The molecule has 0 spiro atoms. The molecule has 3 rings (SSSR count). The van der Waals surface area contributed by atoms with Gasteiger partial charge in [-0.25, -0.2) is 8.78 Å². The Hall–Kier alpha value is -2.76. The number of rotatable bonds is 4. The quantitative estimate of drug-likeness (QED) is 0.479. The maximum atomic E-state index is 15.1. The van der Waals surface area contributed by atoms with Crippen LogP contribution in [0, 0.1) is 28.9 Å². The van der Waals surface area contributed by atoms with Gasteiger partial charge in [0, 0.05) is 11.6 Å². The number of aromatic nitrogens is 4. The molecule has 1 atom stereocenters. The molecule has 0 aliphatic rings. The number of anilines is 1. The van der Waals surface area contributed by atoms with Crippen LogP contribution in [0.2, 0.25) is 5.15 Å². The second-order valence-electron chi connectivity index (χ2n) is 7.98. The van der Waals surface area contributed by atoms with Crippen LogP contribution in [0.4, 0.5) is 14.6 Å². The van der Waals surface area contributed by atoms with Crippen molar-refractivity contribution < 1.29 is 8.78 Å². The van der Waals surface area contributed by atoms with Crippen LogP contribution in [0.25, 0.3) is 16.9 Å². The van der Waals surface area contributed by atoms with Gasteiger partial charge in [-0.2, -0.15) is 19.6 Å². The standard InChI is InChI=1S/C21H23ClF2N6/c1-12(21(2,3)4)28-19-17(18(22)29-20-26-11-27-30(19)20)16-14(23)9-13(10-15(16)24)7-6-8-25-5/h9-12,25,28H,8H2,1-5H3/t12-/m1/s1. The van der Waals surface area contributed by atoms with Crippen molar-refractivity contribution >= 4 is 23.2 Å². The molecule has 0 fully saturated rings. The highest BCUT2D eigenvalue weighted by Crippen LogP contribution is 2.38. The Kier molecular flexibility index (Phi) is 6.25. The van der Waals surface area contributed by atoms with Crippen LogP contribution < -0.4 is 10.6 Å². The van der Waals surface area contributed by atoms with E-state index in [-0.39, 0.29) is 39.1 Å². The van der Waals surface area contributed by atoms with E-state index in [1.807, 2.05) is 27.7 Å². The molecule has 2 N–H and O–H groups in total. The summed E-state index contributed by atoms with van der Waals surface area (Å²) in [6, 6.07) is 2.28. The summed E-state index contributed by atoms with van der Waals surface area (Å²) in [5.41, 5.74) is -0.139. The molecule has 0 saturated heterocycles. The minimum absolute atomic E-state index is 0.0778. The first kappa shape index (κ1) is 21.9. The fourth-order valence-corrected chi connectivity index (χ4v) is 2.97. The van der Waals surface area contributed by atoms with E-state index < -0.39 is 11.6 Å². The van der Waals surface area contributed by atoms with Gasteiger partial charge in [0.15, 0.2) is 0 Å². The van der Waals surface area contributed by atoms with Crippen LogP contribution in [-0.2, 0) is 0 Å². The van der Waals surface area contributed by atoms with Gasteiger partial charge in [0.1, 0.15) is 28.9 Å². The summed E-state index contributed by atoms with van der Waals surface area (Å²) in [7, 11) is 1.74. The number of halogens is 3. The normalized spacial score (nSPS) is 12.5. The summed E-state index contributed by atoms with van der Waals surface area (Å²) in [6.45, 7) is 8.51. The molecule has 0 aliphatic heterocycles. The Morgan fingerprint density at radius 2 is 1.87 bits per heavy atom. The van der Waals surface area contributed by atoms with Crippen LogP contribution in [0.15, 0.2) is 18.5 Å². The van der Waals surface area contributed by atoms with Gasteiger partial charge in [-0.05, 0) is 31.5 Å². The molecular formula is C21H23ClF2N6. The highest BCUT2D eigenvalue weighted by molar-refractivity contribution is 6.33. The van der Waals surface area contributed by atoms with Gasteiger partial charge in [0.25, 0.3) is 5.78 Å². The topological polar surface area (TPSA) is 67.1 Å². The highest BCUT2D eigenvalue weighted by Gasteiger charge is 2.27. The fraction of sp³-hybridized carbons (Fsp3) is 0.381. The van der Waals surface area contributed by atoms with Crippen molar-refractivity contribution in [2.75, 3.05) is 18.9 Å². The van der Waals surface area contributed by atoms with E-state index in [1.54, 1.807) is 7.05 Å². The highest BCUT2D eigenvalue weighted by atomic mass is 35.5. The molecule has 6 nitrogen and oxygen atoms in total. The second-order valence-corrected chi connectivity index (χ2v) is 8.34. The van der Waals surface area contributed by atoms with Crippen LogP contribution in [0.3, 0.4) is 0 Å². The molecule has 9 heteroatoms. The van der Waals surface area contributed by atoms with Crippen molar-refractivity contribution in [1.82, 2.24) is 24.9 Å². The van der Waals surface area contributed by atoms with Crippen molar-refractivity contribution in [3.05, 3.63) is 40.8 Å². The molecule has 0 radical (unpaired) electrons. The second kappa shape index (κ2) is 8.54. The molecule has 2 heterocycles. The van der Waals surface area contributed by atoms with E-state index >= 15 is 8.78 Å². The summed E-state index contributed by atoms with van der Waals surface area (Å²) >= 11 is 6.38. The van der Waals surface area contributed by atoms with Gasteiger partial charge >= 0.3 is 0 Å². The van der Waals surface area contributed by atoms with E-state index in [1.165, 1.54) is 23.0 Å². The van der Waals surface area contributed by atoms with E-state index in [9.17, 15) is 0 Å². The zero-order valence-electron chi connectivity index (χ0n) is 17.4. The lowest BCUT2D eigenvalue weighted by molar-refractivity contribution is 0.358. The monoisotopic (exact) mass is 432 g/mol. The third kappa shape index (κ3) is 4.37.